The zero-order chi connectivity index (χ0) is 15.6. The minimum atomic E-state index is -0.882. The predicted molar refractivity (Wildman–Crippen MR) is 77.9 cm³/mol. The normalized spacial score (nSPS) is 10.1. The fourth-order valence-electron chi connectivity index (χ4n) is 1.81. The number of nitro benzene ring substituents is 1. The first-order valence-corrected chi connectivity index (χ1v) is 6.11. The fraction of sp³-hybridized carbons (Fsp3) is 0. The number of non-ortho nitro benzene ring substituents is 1. The highest BCUT2D eigenvalue weighted by atomic mass is 35.5. The Morgan fingerprint density at radius 2 is 1.90 bits per heavy atom. The number of benzene rings is 2. The number of carbonyl (C=O) groups excluding carboxylic acids is 1. The zero-order valence-electron chi connectivity index (χ0n) is 10.6. The van der Waals surface area contributed by atoms with Gasteiger partial charge in [0.25, 0.3) is 5.69 Å². The van der Waals surface area contributed by atoms with Gasteiger partial charge in [0.15, 0.2) is 0 Å². The van der Waals surface area contributed by atoms with E-state index in [0.717, 1.165) is 17.0 Å². The number of hydrogen-bond acceptors (Lipinski definition) is 4. The molecule has 2 rings (SSSR count). The lowest BCUT2D eigenvalue weighted by Gasteiger charge is -2.22. The molecule has 0 aromatic heterocycles. The van der Waals surface area contributed by atoms with Crippen LogP contribution in [0.15, 0.2) is 42.5 Å². The molecule has 0 atom stereocenters. The Kier molecular flexibility index (Phi) is 3.95. The van der Waals surface area contributed by atoms with Gasteiger partial charge < -0.3 is 10.8 Å². The second kappa shape index (κ2) is 5.68. The zero-order valence-corrected chi connectivity index (χ0v) is 11.3. The minimum Gasteiger partial charge on any atom is -0.505 e. The SMILES string of the molecule is NC(=O)N(c1ccc([N+](=O)[O-])cc1O)c1ccccc1Cl. The molecule has 2 aromatic carbocycles. The maximum absolute atomic E-state index is 11.7. The number of para-hydroxylation sites is 1. The molecule has 7 nitrogen and oxygen atoms in total. The van der Waals surface area contributed by atoms with Gasteiger partial charge in [-0.3, -0.25) is 15.0 Å². The van der Waals surface area contributed by atoms with Crippen LogP contribution in [-0.4, -0.2) is 16.1 Å². The topological polar surface area (TPSA) is 110 Å². The summed E-state index contributed by atoms with van der Waals surface area (Å²) < 4.78 is 0. The lowest BCUT2D eigenvalue weighted by atomic mass is 10.2. The summed E-state index contributed by atoms with van der Waals surface area (Å²) in [6.45, 7) is 0. The van der Waals surface area contributed by atoms with Crippen molar-refractivity contribution in [2.75, 3.05) is 4.90 Å². The van der Waals surface area contributed by atoms with E-state index in [4.69, 9.17) is 17.3 Å². The molecule has 108 valence electrons. The molecular formula is C13H10ClN3O4. The smallest absolute Gasteiger partial charge is 0.324 e. The van der Waals surface area contributed by atoms with Gasteiger partial charge in [-0.15, -0.1) is 0 Å². The Balaban J connectivity index is 2.57. The lowest BCUT2D eigenvalue weighted by Crippen LogP contribution is -2.31. The maximum Gasteiger partial charge on any atom is 0.324 e. The molecule has 0 unspecified atom stereocenters. The van der Waals surface area contributed by atoms with Gasteiger partial charge in [-0.1, -0.05) is 23.7 Å². The molecule has 0 aliphatic heterocycles. The minimum absolute atomic E-state index is 0.00111. The number of amides is 2. The van der Waals surface area contributed by atoms with E-state index >= 15 is 0 Å². The Morgan fingerprint density at radius 1 is 1.24 bits per heavy atom. The highest BCUT2D eigenvalue weighted by Crippen LogP contribution is 2.38. The number of hydrogen-bond donors (Lipinski definition) is 2. The molecule has 21 heavy (non-hydrogen) atoms. The van der Waals surface area contributed by atoms with Crippen molar-refractivity contribution < 1.29 is 14.8 Å². The van der Waals surface area contributed by atoms with Crippen LogP contribution >= 0.6 is 11.6 Å². The van der Waals surface area contributed by atoms with E-state index in [9.17, 15) is 20.0 Å². The number of nitro groups is 1. The summed E-state index contributed by atoms with van der Waals surface area (Å²) in [6, 6.07) is 8.82. The molecule has 0 radical (unpaired) electrons. The average Bonchev–Trinajstić information content (AvgIpc) is 2.42. The van der Waals surface area contributed by atoms with Crippen LogP contribution in [0.2, 0.25) is 5.02 Å². The number of primary amides is 1. The maximum atomic E-state index is 11.7. The molecule has 0 spiro atoms. The van der Waals surface area contributed by atoms with E-state index in [2.05, 4.69) is 0 Å². The van der Waals surface area contributed by atoms with Crippen molar-refractivity contribution in [2.45, 2.75) is 0 Å². The van der Waals surface area contributed by atoms with Crippen LogP contribution in [0.4, 0.5) is 21.9 Å². The van der Waals surface area contributed by atoms with Gasteiger partial charge in [-0.25, -0.2) is 4.79 Å². The van der Waals surface area contributed by atoms with Crippen molar-refractivity contribution in [3.05, 3.63) is 57.6 Å². The molecule has 0 aliphatic rings. The monoisotopic (exact) mass is 307 g/mol. The Hall–Kier alpha value is -2.80. The number of phenolic OH excluding ortho intramolecular Hbond substituents is 1. The summed E-state index contributed by atoms with van der Waals surface area (Å²) in [6.07, 6.45) is 0. The van der Waals surface area contributed by atoms with Gasteiger partial charge >= 0.3 is 6.03 Å². The second-order valence-corrected chi connectivity index (χ2v) is 4.46. The highest BCUT2D eigenvalue weighted by molar-refractivity contribution is 6.34. The van der Waals surface area contributed by atoms with Crippen LogP contribution in [0, 0.1) is 10.1 Å². The molecule has 0 saturated heterocycles. The standard InChI is InChI=1S/C13H10ClN3O4/c14-9-3-1-2-4-10(9)16(13(15)19)11-6-5-8(17(20)21)7-12(11)18/h1-7,18H,(H2,15,19). The van der Waals surface area contributed by atoms with Crippen molar-refractivity contribution in [1.82, 2.24) is 0 Å². The van der Waals surface area contributed by atoms with E-state index in [-0.39, 0.29) is 22.1 Å². The van der Waals surface area contributed by atoms with Gasteiger partial charge in [-0.05, 0) is 18.2 Å². The third-order valence-electron chi connectivity index (χ3n) is 2.72. The van der Waals surface area contributed by atoms with E-state index in [1.165, 1.54) is 12.1 Å². The van der Waals surface area contributed by atoms with Crippen LogP contribution in [0.3, 0.4) is 0 Å². The number of anilines is 2. The average molecular weight is 308 g/mol. The lowest BCUT2D eigenvalue weighted by molar-refractivity contribution is -0.384. The molecular weight excluding hydrogens is 298 g/mol. The number of halogens is 1. The number of phenols is 1. The predicted octanol–water partition coefficient (Wildman–Crippen LogP) is 3.17. The summed E-state index contributed by atoms with van der Waals surface area (Å²) in [5.41, 5.74) is 5.28. The first-order chi connectivity index (χ1) is 9.91. The largest absolute Gasteiger partial charge is 0.505 e. The van der Waals surface area contributed by atoms with Crippen LogP contribution in [-0.2, 0) is 0 Å². The third-order valence-corrected chi connectivity index (χ3v) is 3.04. The summed E-state index contributed by atoms with van der Waals surface area (Å²) >= 11 is 6.01. The van der Waals surface area contributed by atoms with Crippen LogP contribution < -0.4 is 10.6 Å². The van der Waals surface area contributed by atoms with Crippen molar-refractivity contribution in [3.8, 4) is 5.75 Å². The molecule has 3 N–H and O–H groups in total. The van der Waals surface area contributed by atoms with Gasteiger partial charge in [-0.2, -0.15) is 0 Å². The first-order valence-electron chi connectivity index (χ1n) is 5.73. The summed E-state index contributed by atoms with van der Waals surface area (Å²) in [4.78, 5) is 22.6. The van der Waals surface area contributed by atoms with Crippen molar-refractivity contribution >= 4 is 34.7 Å². The van der Waals surface area contributed by atoms with E-state index in [1.54, 1.807) is 18.2 Å². The molecule has 8 heteroatoms. The van der Waals surface area contributed by atoms with Crippen molar-refractivity contribution in [3.63, 3.8) is 0 Å². The Labute approximate surface area is 124 Å². The number of rotatable bonds is 3. The van der Waals surface area contributed by atoms with Crippen molar-refractivity contribution in [2.24, 2.45) is 5.73 Å². The Morgan fingerprint density at radius 3 is 2.43 bits per heavy atom. The second-order valence-electron chi connectivity index (χ2n) is 4.06. The summed E-state index contributed by atoms with van der Waals surface area (Å²) in [7, 11) is 0. The summed E-state index contributed by atoms with van der Waals surface area (Å²) in [5, 5.41) is 20.8. The molecule has 2 aromatic rings. The molecule has 0 fully saturated rings. The number of urea groups is 1. The van der Waals surface area contributed by atoms with Crippen LogP contribution in [0.5, 0.6) is 5.75 Å². The molecule has 0 aliphatic carbocycles. The third kappa shape index (κ3) is 2.87. The number of carbonyl (C=O) groups is 1. The van der Waals surface area contributed by atoms with Gasteiger partial charge in [0.1, 0.15) is 5.75 Å². The number of nitrogens with zero attached hydrogens (tertiary/aromatic N) is 2. The molecule has 2 amide bonds. The Bertz CT molecular complexity index is 720. The van der Waals surface area contributed by atoms with Gasteiger partial charge in [0.2, 0.25) is 0 Å². The van der Waals surface area contributed by atoms with E-state index in [0.29, 0.717) is 0 Å². The van der Waals surface area contributed by atoms with Crippen molar-refractivity contribution in [1.29, 1.82) is 0 Å². The molecule has 0 bridgehead atoms. The fourth-order valence-corrected chi connectivity index (χ4v) is 2.03. The van der Waals surface area contributed by atoms with Gasteiger partial charge in [0, 0.05) is 6.07 Å². The van der Waals surface area contributed by atoms with E-state index < -0.39 is 16.7 Å². The summed E-state index contributed by atoms with van der Waals surface area (Å²) in [5.74, 6) is -0.456. The first kappa shape index (κ1) is 14.6. The van der Waals surface area contributed by atoms with Gasteiger partial charge in [0.05, 0.1) is 27.4 Å². The van der Waals surface area contributed by atoms with Crippen LogP contribution in [0.25, 0.3) is 0 Å². The number of nitrogens with two attached hydrogens (primary N) is 1. The number of aromatic hydroxyl groups is 1. The quantitative estimate of drug-likeness (QED) is 0.670. The highest BCUT2D eigenvalue weighted by Gasteiger charge is 2.22. The van der Waals surface area contributed by atoms with E-state index in [1.807, 2.05) is 0 Å². The molecule has 0 heterocycles. The molecule has 0 saturated carbocycles. The van der Waals surface area contributed by atoms with Crippen LogP contribution in [0.1, 0.15) is 0 Å².